The SMILES string of the molecule is CC/C=C\C/C=C\C/C=C\C/C=C\C/C=C\C/C=C\C/C=C\CCCCCCCCCCCCCC(=O)NC(COP(=O)(O)OCC[N+](C)(C)C)C(O)/C=C/CC/C=C/CCCCCCCCCCCCCCCCCC. The minimum absolute atomic E-state index is 0.0511. The number of amides is 1. The van der Waals surface area contributed by atoms with Crippen LogP contribution in [0, 0.1) is 0 Å². The number of carbonyl (C=O) groups is 1. The van der Waals surface area contributed by atoms with Gasteiger partial charge in [0.25, 0.3) is 0 Å². The minimum atomic E-state index is -4.37. The first-order valence-electron chi connectivity index (χ1n) is 31.8. The van der Waals surface area contributed by atoms with E-state index in [1.165, 1.54) is 161 Å². The van der Waals surface area contributed by atoms with E-state index in [0.29, 0.717) is 17.4 Å². The van der Waals surface area contributed by atoms with Gasteiger partial charge < -0.3 is 19.8 Å². The zero-order valence-electron chi connectivity index (χ0n) is 50.7. The molecule has 3 unspecified atom stereocenters. The predicted octanol–water partition coefficient (Wildman–Crippen LogP) is 19.9. The van der Waals surface area contributed by atoms with Gasteiger partial charge in [-0.3, -0.25) is 13.8 Å². The Balaban J connectivity index is 4.20. The maximum atomic E-state index is 13.0. The van der Waals surface area contributed by atoms with Gasteiger partial charge in [0, 0.05) is 6.42 Å². The molecule has 0 aromatic carbocycles. The molecule has 0 spiro atoms. The van der Waals surface area contributed by atoms with Crippen molar-refractivity contribution in [2.45, 2.75) is 276 Å². The lowest BCUT2D eigenvalue weighted by molar-refractivity contribution is -0.870. The number of aliphatic hydroxyl groups is 1. The van der Waals surface area contributed by atoms with Crippen LogP contribution in [0.15, 0.2) is 109 Å². The number of hydrogen-bond donors (Lipinski definition) is 3. The molecule has 444 valence electrons. The Morgan fingerprint density at radius 2 is 0.792 bits per heavy atom. The van der Waals surface area contributed by atoms with Crippen LogP contribution in [-0.4, -0.2) is 73.4 Å². The number of phosphoric ester groups is 1. The average Bonchev–Trinajstić information content (AvgIpc) is 3.39. The van der Waals surface area contributed by atoms with Crippen LogP contribution < -0.4 is 5.32 Å². The zero-order valence-corrected chi connectivity index (χ0v) is 51.6. The molecule has 0 aliphatic rings. The highest BCUT2D eigenvalue weighted by Gasteiger charge is 2.27. The van der Waals surface area contributed by atoms with Crippen molar-refractivity contribution >= 4 is 13.7 Å². The predicted molar refractivity (Wildman–Crippen MR) is 336 cm³/mol. The molecule has 8 nitrogen and oxygen atoms in total. The Bertz CT molecular complexity index is 1620. The molecule has 77 heavy (non-hydrogen) atoms. The van der Waals surface area contributed by atoms with Gasteiger partial charge in [-0.05, 0) is 89.9 Å². The lowest BCUT2D eigenvalue weighted by atomic mass is 10.0. The number of aliphatic hydroxyl groups excluding tert-OH is 1. The second-order valence-corrected chi connectivity index (χ2v) is 23.8. The van der Waals surface area contributed by atoms with Crippen LogP contribution >= 0.6 is 7.82 Å². The summed E-state index contributed by atoms with van der Waals surface area (Å²) in [5.41, 5.74) is 0. The second kappa shape index (κ2) is 57.8. The molecular weight excluding hydrogens is 972 g/mol. The molecule has 9 heteroatoms. The number of phosphoric acid groups is 1. The van der Waals surface area contributed by atoms with Gasteiger partial charge in [-0.15, -0.1) is 0 Å². The van der Waals surface area contributed by atoms with E-state index in [0.717, 1.165) is 83.5 Å². The molecule has 0 aromatic heterocycles. The second-order valence-electron chi connectivity index (χ2n) is 22.4. The average molecular weight is 1090 g/mol. The third-order valence-electron chi connectivity index (χ3n) is 13.7. The monoisotopic (exact) mass is 1090 g/mol. The number of likely N-dealkylation sites (N-methyl/N-ethyl adjacent to an activating group) is 1. The van der Waals surface area contributed by atoms with Crippen molar-refractivity contribution in [2.24, 2.45) is 0 Å². The molecular formula is C68H122N2O6P+. The molecule has 0 saturated heterocycles. The van der Waals surface area contributed by atoms with E-state index in [-0.39, 0.29) is 19.1 Å². The van der Waals surface area contributed by atoms with Gasteiger partial charge in [-0.25, -0.2) is 4.57 Å². The molecule has 0 radical (unpaired) electrons. The summed E-state index contributed by atoms with van der Waals surface area (Å²) in [6.45, 7) is 4.69. The van der Waals surface area contributed by atoms with Gasteiger partial charge in [0.2, 0.25) is 5.91 Å². The van der Waals surface area contributed by atoms with E-state index < -0.39 is 20.0 Å². The van der Waals surface area contributed by atoms with Crippen molar-refractivity contribution in [2.75, 3.05) is 40.9 Å². The number of quaternary nitrogens is 1. The zero-order chi connectivity index (χ0) is 56.3. The van der Waals surface area contributed by atoms with E-state index in [4.69, 9.17) is 9.05 Å². The van der Waals surface area contributed by atoms with Crippen molar-refractivity contribution in [1.29, 1.82) is 0 Å². The molecule has 0 aliphatic heterocycles. The van der Waals surface area contributed by atoms with Crippen molar-refractivity contribution in [1.82, 2.24) is 5.32 Å². The van der Waals surface area contributed by atoms with Gasteiger partial charge in [-0.2, -0.15) is 0 Å². The van der Waals surface area contributed by atoms with Crippen molar-refractivity contribution in [3.8, 4) is 0 Å². The molecule has 1 amide bonds. The van der Waals surface area contributed by atoms with Crippen LogP contribution in [0.25, 0.3) is 0 Å². The number of rotatable bonds is 57. The van der Waals surface area contributed by atoms with Crippen molar-refractivity contribution < 1.29 is 32.9 Å². The molecule has 0 aliphatic carbocycles. The molecule has 3 atom stereocenters. The standard InChI is InChI=1S/C68H121N2O6P/c1-6-8-10-12-14-16-18-20-22-24-26-28-30-31-32-33-34-35-36-37-38-39-40-42-44-46-48-50-52-54-56-58-60-62-68(72)69-66(65-76-77(73,74)75-64-63-70(3,4)5)67(71)61-59-57-55-53-51-49-47-45-43-41-29-27-25-23-21-19-17-15-13-11-9-7-2/h8,10,14,16,20,22,26,28,31-32,34-35,37-38,51,53,59,61,66-67,71H,6-7,9,11-13,15,17-19,21,23-25,27,29-30,33,36,39-50,52,54-58,60,62-65H2,1-5H3,(H-,69,72,73,74)/p+1/b10-8-,16-14-,22-20-,28-26-,32-31-,35-34-,38-37-,53-51+,61-59+. The number of hydrogen-bond acceptors (Lipinski definition) is 5. The Morgan fingerprint density at radius 3 is 1.19 bits per heavy atom. The Morgan fingerprint density at radius 1 is 0.455 bits per heavy atom. The fraction of sp³-hybridized carbons (Fsp3) is 0.721. The third kappa shape index (κ3) is 60.6. The number of allylic oxidation sites excluding steroid dienone is 17. The molecule has 3 N–H and O–H groups in total. The first-order chi connectivity index (χ1) is 37.5. The molecule has 0 rings (SSSR count). The smallest absolute Gasteiger partial charge is 0.387 e. The normalized spacial score (nSPS) is 14.5. The highest BCUT2D eigenvalue weighted by Crippen LogP contribution is 2.43. The topological polar surface area (TPSA) is 105 Å². The molecule has 0 heterocycles. The van der Waals surface area contributed by atoms with E-state index in [9.17, 15) is 19.4 Å². The summed E-state index contributed by atoms with van der Waals surface area (Å²) in [5, 5.41) is 13.9. The Labute approximate surface area is 476 Å². The van der Waals surface area contributed by atoms with E-state index in [1.807, 2.05) is 27.2 Å². The van der Waals surface area contributed by atoms with Crippen LogP contribution in [0.5, 0.6) is 0 Å². The van der Waals surface area contributed by atoms with Crippen LogP contribution in [0.3, 0.4) is 0 Å². The first kappa shape index (κ1) is 74.2. The van der Waals surface area contributed by atoms with Gasteiger partial charge in [0.15, 0.2) is 0 Å². The van der Waals surface area contributed by atoms with Crippen LogP contribution in [0.4, 0.5) is 0 Å². The number of unbranched alkanes of at least 4 members (excludes halogenated alkanes) is 28. The number of carbonyl (C=O) groups excluding carboxylic acids is 1. The van der Waals surface area contributed by atoms with Crippen LogP contribution in [-0.2, 0) is 18.4 Å². The maximum Gasteiger partial charge on any atom is 0.472 e. The molecule has 0 aromatic rings. The van der Waals surface area contributed by atoms with Gasteiger partial charge in [-0.1, -0.05) is 277 Å². The van der Waals surface area contributed by atoms with E-state index in [1.54, 1.807) is 6.08 Å². The summed E-state index contributed by atoms with van der Waals surface area (Å²) >= 11 is 0. The van der Waals surface area contributed by atoms with E-state index in [2.05, 4.69) is 116 Å². The lowest BCUT2D eigenvalue weighted by Gasteiger charge is -2.25. The van der Waals surface area contributed by atoms with E-state index >= 15 is 0 Å². The Kier molecular flexibility index (Phi) is 55.7. The minimum Gasteiger partial charge on any atom is -0.387 e. The molecule has 0 saturated carbocycles. The van der Waals surface area contributed by atoms with Gasteiger partial charge in [0.05, 0.1) is 39.9 Å². The number of nitrogens with zero attached hydrogens (tertiary/aromatic N) is 1. The summed E-state index contributed by atoms with van der Waals surface area (Å²) < 4.78 is 23.7. The highest BCUT2D eigenvalue weighted by molar-refractivity contribution is 7.47. The summed E-state index contributed by atoms with van der Waals surface area (Å²) in [4.78, 5) is 23.4. The maximum absolute atomic E-state index is 13.0. The van der Waals surface area contributed by atoms with Crippen molar-refractivity contribution in [3.63, 3.8) is 0 Å². The van der Waals surface area contributed by atoms with Crippen LogP contribution in [0.2, 0.25) is 0 Å². The largest absolute Gasteiger partial charge is 0.472 e. The number of nitrogens with one attached hydrogen (secondary N) is 1. The first-order valence-corrected chi connectivity index (χ1v) is 33.3. The summed E-state index contributed by atoms with van der Waals surface area (Å²) in [6.07, 6.45) is 84.9. The summed E-state index contributed by atoms with van der Waals surface area (Å²) in [7, 11) is 1.54. The fourth-order valence-electron chi connectivity index (χ4n) is 8.80. The Hall–Kier alpha value is -2.84. The third-order valence-corrected chi connectivity index (χ3v) is 14.7. The summed E-state index contributed by atoms with van der Waals surface area (Å²) in [5.74, 6) is -0.192. The van der Waals surface area contributed by atoms with Gasteiger partial charge in [0.1, 0.15) is 13.2 Å². The molecule has 0 fully saturated rings. The van der Waals surface area contributed by atoms with Crippen LogP contribution in [0.1, 0.15) is 264 Å². The quantitative estimate of drug-likeness (QED) is 0.0243. The highest BCUT2D eigenvalue weighted by atomic mass is 31.2. The summed E-state index contributed by atoms with van der Waals surface area (Å²) in [6, 6.07) is -0.873. The lowest BCUT2D eigenvalue weighted by Crippen LogP contribution is -2.45. The molecule has 0 bridgehead atoms. The van der Waals surface area contributed by atoms with Gasteiger partial charge >= 0.3 is 7.82 Å². The van der Waals surface area contributed by atoms with Crippen molar-refractivity contribution in [3.05, 3.63) is 109 Å². The fourth-order valence-corrected chi connectivity index (χ4v) is 9.54.